The molecular weight excluding hydrogens is 345 g/mol. The molecule has 0 radical (unpaired) electrons. The van der Waals surface area contributed by atoms with Crippen molar-refractivity contribution < 1.29 is 9.53 Å². The topological polar surface area (TPSA) is 44.8 Å². The first kappa shape index (κ1) is 17.3. The Labute approximate surface area is 156 Å². The zero-order valence-electron chi connectivity index (χ0n) is 15.1. The van der Waals surface area contributed by atoms with E-state index in [4.69, 9.17) is 4.74 Å². The second kappa shape index (κ2) is 7.26. The maximum Gasteiger partial charge on any atom is 0.252 e. The summed E-state index contributed by atoms with van der Waals surface area (Å²) in [6.07, 6.45) is 8.16. The first-order valence-electron chi connectivity index (χ1n) is 8.97. The third-order valence-corrected chi connectivity index (χ3v) is 6.49. The average molecular weight is 369 g/mol. The van der Waals surface area contributed by atoms with Crippen molar-refractivity contribution in [1.29, 1.82) is 0 Å². The quantitative estimate of drug-likeness (QED) is 0.832. The monoisotopic (exact) mass is 369 g/mol. The van der Waals surface area contributed by atoms with Gasteiger partial charge in [-0.2, -0.15) is 0 Å². The van der Waals surface area contributed by atoms with E-state index in [1.165, 1.54) is 0 Å². The van der Waals surface area contributed by atoms with Gasteiger partial charge in [0, 0.05) is 38.0 Å². The molecule has 0 bridgehead atoms. The van der Waals surface area contributed by atoms with Gasteiger partial charge in [0.25, 0.3) is 5.91 Å². The normalized spacial score (nSPS) is 26.5. The number of carbonyl (C=O) groups is 1. The van der Waals surface area contributed by atoms with Gasteiger partial charge in [0.2, 0.25) is 0 Å². The van der Waals surface area contributed by atoms with Crippen molar-refractivity contribution in [3.63, 3.8) is 0 Å². The highest BCUT2D eigenvalue weighted by Gasteiger charge is 2.30. The predicted molar refractivity (Wildman–Crippen MR) is 106 cm³/mol. The second-order valence-electron chi connectivity index (χ2n) is 6.84. The van der Waals surface area contributed by atoms with Gasteiger partial charge in [-0.3, -0.25) is 4.79 Å². The predicted octanol–water partition coefficient (Wildman–Crippen LogP) is 2.59. The zero-order chi connectivity index (χ0) is 18.1. The molecule has 3 aliphatic rings. The molecule has 0 aliphatic carbocycles. The van der Waals surface area contributed by atoms with E-state index in [0.717, 1.165) is 42.0 Å². The smallest absolute Gasteiger partial charge is 0.252 e. The molecule has 3 heterocycles. The van der Waals surface area contributed by atoms with E-state index < -0.39 is 0 Å². The summed E-state index contributed by atoms with van der Waals surface area (Å²) in [5.41, 5.74) is 2.23. The van der Waals surface area contributed by atoms with E-state index in [-0.39, 0.29) is 11.7 Å². The van der Waals surface area contributed by atoms with Crippen LogP contribution >= 0.6 is 8.58 Å². The van der Waals surface area contributed by atoms with E-state index in [1.807, 2.05) is 35.4 Å². The van der Waals surface area contributed by atoms with Gasteiger partial charge in [0.15, 0.2) is 0 Å². The number of methoxy groups -OCH3 is 1. The Morgan fingerprint density at radius 3 is 2.81 bits per heavy atom. The van der Waals surface area contributed by atoms with Crippen LogP contribution in [0.15, 0.2) is 54.4 Å². The Bertz CT molecular complexity index is 785. The summed E-state index contributed by atoms with van der Waals surface area (Å²) >= 11 is 0. The van der Waals surface area contributed by atoms with Gasteiger partial charge in [-0.15, -0.1) is 0 Å². The lowest BCUT2D eigenvalue weighted by Crippen LogP contribution is -2.49. The number of ether oxygens (including phenoxy) is 1. The molecule has 1 aromatic rings. The SMILES string of the molecule is COc1ccc(C2=CC(=O)N3C=C(N4CCNC(C)C4)C=CC3P2)cc1. The summed E-state index contributed by atoms with van der Waals surface area (Å²) in [6.45, 7) is 5.12. The van der Waals surface area contributed by atoms with E-state index in [2.05, 4.69) is 29.3 Å². The van der Waals surface area contributed by atoms with Crippen LogP contribution in [0.2, 0.25) is 0 Å². The van der Waals surface area contributed by atoms with Crippen LogP contribution in [0.4, 0.5) is 0 Å². The van der Waals surface area contributed by atoms with Crippen molar-refractivity contribution >= 4 is 19.8 Å². The van der Waals surface area contributed by atoms with Crippen molar-refractivity contribution in [2.24, 2.45) is 0 Å². The molecule has 1 aromatic carbocycles. The fourth-order valence-corrected chi connectivity index (χ4v) is 4.95. The van der Waals surface area contributed by atoms with Crippen molar-refractivity contribution in [3.8, 4) is 5.75 Å². The van der Waals surface area contributed by atoms with Crippen molar-refractivity contribution in [1.82, 2.24) is 15.1 Å². The van der Waals surface area contributed by atoms with Gasteiger partial charge in [-0.25, -0.2) is 0 Å². The molecule has 3 unspecified atom stereocenters. The standard InChI is InChI=1S/C20H24N3O2P/c1-14-12-22(10-9-21-14)16-5-8-20-23(13-16)19(24)11-18(26-20)15-3-6-17(25-2)7-4-15/h3-8,11,13-14,20-21,26H,9-10,12H2,1-2H3. The summed E-state index contributed by atoms with van der Waals surface area (Å²) in [5.74, 6) is 1.01. The lowest BCUT2D eigenvalue weighted by molar-refractivity contribution is -0.123. The minimum atomic E-state index is 0.0598. The summed E-state index contributed by atoms with van der Waals surface area (Å²) in [5, 5.41) is 4.57. The highest BCUT2D eigenvalue weighted by molar-refractivity contribution is 7.51. The molecule has 0 saturated carbocycles. The maximum atomic E-state index is 12.7. The number of carbonyl (C=O) groups excluding carboxylic acids is 1. The number of piperazine rings is 1. The molecule has 1 saturated heterocycles. The number of allylic oxidation sites excluding steroid dienone is 1. The van der Waals surface area contributed by atoms with Crippen LogP contribution < -0.4 is 10.1 Å². The molecular formula is C20H24N3O2P. The molecule has 1 fully saturated rings. The highest BCUT2D eigenvalue weighted by atomic mass is 31.1. The first-order valence-corrected chi connectivity index (χ1v) is 10.0. The van der Waals surface area contributed by atoms with Crippen molar-refractivity contribution in [3.05, 3.63) is 60.0 Å². The zero-order valence-corrected chi connectivity index (χ0v) is 16.1. The number of rotatable bonds is 3. The summed E-state index contributed by atoms with van der Waals surface area (Å²) < 4.78 is 5.22. The Balaban J connectivity index is 1.54. The third kappa shape index (κ3) is 3.42. The van der Waals surface area contributed by atoms with E-state index >= 15 is 0 Å². The Morgan fingerprint density at radius 1 is 1.27 bits per heavy atom. The van der Waals surface area contributed by atoms with Crippen LogP contribution in [-0.4, -0.2) is 54.3 Å². The van der Waals surface area contributed by atoms with E-state index in [0.29, 0.717) is 14.6 Å². The molecule has 4 rings (SSSR count). The molecule has 26 heavy (non-hydrogen) atoms. The molecule has 3 aliphatic heterocycles. The number of hydrogen-bond donors (Lipinski definition) is 1. The summed E-state index contributed by atoms with van der Waals surface area (Å²) in [4.78, 5) is 17.0. The van der Waals surface area contributed by atoms with Crippen molar-refractivity contribution in [2.75, 3.05) is 26.7 Å². The fourth-order valence-electron chi connectivity index (χ4n) is 3.56. The largest absolute Gasteiger partial charge is 0.497 e. The van der Waals surface area contributed by atoms with E-state index in [1.54, 1.807) is 13.2 Å². The van der Waals surface area contributed by atoms with Gasteiger partial charge < -0.3 is 19.9 Å². The Morgan fingerprint density at radius 2 is 2.08 bits per heavy atom. The van der Waals surface area contributed by atoms with Gasteiger partial charge in [-0.05, 0) is 36.0 Å². The molecule has 0 spiro atoms. The van der Waals surface area contributed by atoms with Crippen LogP contribution in [0, 0.1) is 0 Å². The summed E-state index contributed by atoms with van der Waals surface area (Å²) in [6, 6.07) is 8.40. The molecule has 136 valence electrons. The van der Waals surface area contributed by atoms with Gasteiger partial charge >= 0.3 is 0 Å². The maximum absolute atomic E-state index is 12.7. The number of nitrogens with one attached hydrogen (secondary N) is 1. The van der Waals surface area contributed by atoms with Crippen LogP contribution in [0.1, 0.15) is 12.5 Å². The minimum Gasteiger partial charge on any atom is -0.497 e. The number of fused-ring (bicyclic) bond motifs is 1. The highest BCUT2D eigenvalue weighted by Crippen LogP contribution is 2.44. The molecule has 6 heteroatoms. The van der Waals surface area contributed by atoms with Crippen LogP contribution in [0.5, 0.6) is 5.75 Å². The lowest BCUT2D eigenvalue weighted by Gasteiger charge is -2.39. The molecule has 1 amide bonds. The molecule has 3 atom stereocenters. The molecule has 1 N–H and O–H groups in total. The minimum absolute atomic E-state index is 0.0598. The van der Waals surface area contributed by atoms with Crippen LogP contribution in [0.3, 0.4) is 0 Å². The first-order chi connectivity index (χ1) is 12.6. The van der Waals surface area contributed by atoms with Crippen molar-refractivity contribution in [2.45, 2.75) is 18.7 Å². The summed E-state index contributed by atoms with van der Waals surface area (Å²) in [7, 11) is 2.20. The second-order valence-corrected chi connectivity index (χ2v) is 8.25. The number of hydrogen-bond acceptors (Lipinski definition) is 4. The fraction of sp³-hybridized carbons (Fsp3) is 0.350. The lowest BCUT2D eigenvalue weighted by atomic mass is 10.1. The number of benzene rings is 1. The van der Waals surface area contributed by atoms with Gasteiger partial charge in [0.05, 0.1) is 18.6 Å². The van der Waals surface area contributed by atoms with Crippen LogP contribution in [0.25, 0.3) is 5.31 Å². The van der Waals surface area contributed by atoms with Gasteiger partial charge in [0.1, 0.15) is 5.75 Å². The van der Waals surface area contributed by atoms with E-state index in [9.17, 15) is 4.79 Å². The number of nitrogens with zero attached hydrogens (tertiary/aromatic N) is 2. The molecule has 5 nitrogen and oxygen atoms in total. The Kier molecular flexibility index (Phi) is 4.84. The molecule has 0 aromatic heterocycles. The van der Waals surface area contributed by atoms with Crippen LogP contribution in [-0.2, 0) is 4.79 Å². The van der Waals surface area contributed by atoms with Gasteiger partial charge in [-0.1, -0.05) is 26.8 Å². The Hall–Kier alpha value is -2.10. The average Bonchev–Trinajstić information content (AvgIpc) is 2.68. The third-order valence-electron chi connectivity index (χ3n) is 4.98. The number of amides is 1.